The molecule has 0 aromatic carbocycles. The minimum absolute atomic E-state index is 0.820. The van der Waals surface area contributed by atoms with Crippen LogP contribution in [0, 0.1) is 29.6 Å². The second kappa shape index (κ2) is 7.82. The fraction of sp³-hybridized carbons (Fsp3) is 1.00. The van der Waals surface area contributed by atoms with Crippen LogP contribution in [0.4, 0.5) is 0 Å². The van der Waals surface area contributed by atoms with Gasteiger partial charge in [-0.2, -0.15) is 0 Å². The van der Waals surface area contributed by atoms with Gasteiger partial charge in [0.2, 0.25) is 0 Å². The highest BCUT2D eigenvalue weighted by Gasteiger charge is 2.34. The summed E-state index contributed by atoms with van der Waals surface area (Å²) in [6, 6.07) is 0.820. The van der Waals surface area contributed by atoms with Crippen molar-refractivity contribution in [2.24, 2.45) is 29.6 Å². The molecule has 118 valence electrons. The van der Waals surface area contributed by atoms with Crippen LogP contribution in [0.25, 0.3) is 0 Å². The van der Waals surface area contributed by atoms with Crippen molar-refractivity contribution in [3.8, 4) is 0 Å². The number of rotatable bonds is 5. The van der Waals surface area contributed by atoms with Crippen LogP contribution in [0.5, 0.6) is 0 Å². The summed E-state index contributed by atoms with van der Waals surface area (Å²) in [5, 5.41) is 3.88. The van der Waals surface area contributed by atoms with Crippen LogP contribution in [0.15, 0.2) is 0 Å². The molecule has 1 N–H and O–H groups in total. The molecule has 2 fully saturated rings. The van der Waals surface area contributed by atoms with Crippen LogP contribution in [0.2, 0.25) is 0 Å². The normalized spacial score (nSPS) is 37.0. The van der Waals surface area contributed by atoms with Crippen molar-refractivity contribution in [1.29, 1.82) is 0 Å². The van der Waals surface area contributed by atoms with Crippen molar-refractivity contribution in [3.63, 3.8) is 0 Å². The molecule has 2 aliphatic carbocycles. The van der Waals surface area contributed by atoms with E-state index in [1.165, 1.54) is 51.4 Å². The fourth-order valence-corrected chi connectivity index (χ4v) is 4.77. The fourth-order valence-electron chi connectivity index (χ4n) is 4.77. The first-order valence-electron chi connectivity index (χ1n) is 9.35. The van der Waals surface area contributed by atoms with E-state index < -0.39 is 0 Å². The van der Waals surface area contributed by atoms with Crippen molar-refractivity contribution < 1.29 is 0 Å². The van der Waals surface area contributed by atoms with E-state index in [9.17, 15) is 0 Å². The smallest absolute Gasteiger partial charge is 0.0123 e. The third-order valence-electron chi connectivity index (χ3n) is 6.28. The first kappa shape index (κ1) is 16.3. The summed E-state index contributed by atoms with van der Waals surface area (Å²) in [7, 11) is 0. The molecular formula is C19H37N. The molecule has 1 heteroatoms. The van der Waals surface area contributed by atoms with Crippen molar-refractivity contribution >= 4 is 0 Å². The summed E-state index contributed by atoms with van der Waals surface area (Å²) in [4.78, 5) is 0. The van der Waals surface area contributed by atoms with Gasteiger partial charge in [0.1, 0.15) is 0 Å². The Labute approximate surface area is 127 Å². The lowest BCUT2D eigenvalue weighted by Gasteiger charge is -2.41. The highest BCUT2D eigenvalue weighted by atomic mass is 14.9. The summed E-state index contributed by atoms with van der Waals surface area (Å²) in [6.45, 7) is 10.7. The van der Waals surface area contributed by atoms with Gasteiger partial charge < -0.3 is 5.32 Å². The predicted octanol–water partition coefficient (Wildman–Crippen LogP) is 5.25. The number of hydrogen-bond acceptors (Lipinski definition) is 1. The van der Waals surface area contributed by atoms with E-state index in [2.05, 4.69) is 33.0 Å². The second-order valence-corrected chi connectivity index (χ2v) is 8.02. The zero-order chi connectivity index (χ0) is 14.5. The molecule has 1 atom stereocenters. The van der Waals surface area contributed by atoms with Crippen molar-refractivity contribution in [2.75, 3.05) is 6.54 Å². The van der Waals surface area contributed by atoms with Crippen LogP contribution in [0.3, 0.4) is 0 Å². The summed E-state index contributed by atoms with van der Waals surface area (Å²) < 4.78 is 0. The van der Waals surface area contributed by atoms with E-state index in [0.717, 1.165) is 42.2 Å². The van der Waals surface area contributed by atoms with Gasteiger partial charge in [-0.1, -0.05) is 40.5 Å². The molecule has 0 spiro atoms. The largest absolute Gasteiger partial charge is 0.314 e. The average molecular weight is 280 g/mol. The standard InChI is InChI=1S/C19H37N/c1-5-20-19(17-8-6-15(4)7-9-17)18-12-10-16(11-13-18)14(2)3/h14-20H,5-13H2,1-4H3. The molecule has 0 aromatic heterocycles. The molecule has 1 unspecified atom stereocenters. The predicted molar refractivity (Wildman–Crippen MR) is 88.9 cm³/mol. The first-order valence-corrected chi connectivity index (χ1v) is 9.35. The Morgan fingerprint density at radius 2 is 1.25 bits per heavy atom. The third-order valence-corrected chi connectivity index (χ3v) is 6.28. The van der Waals surface area contributed by atoms with E-state index in [1.54, 1.807) is 0 Å². The lowest BCUT2D eigenvalue weighted by Crippen LogP contribution is -2.45. The van der Waals surface area contributed by atoms with Gasteiger partial charge in [-0.25, -0.2) is 0 Å². The second-order valence-electron chi connectivity index (χ2n) is 8.02. The Morgan fingerprint density at radius 3 is 1.70 bits per heavy atom. The van der Waals surface area contributed by atoms with Crippen LogP contribution < -0.4 is 5.32 Å². The summed E-state index contributed by atoms with van der Waals surface area (Å²) in [6.07, 6.45) is 11.8. The molecule has 0 saturated heterocycles. The molecule has 1 nitrogen and oxygen atoms in total. The number of hydrogen-bond donors (Lipinski definition) is 1. The van der Waals surface area contributed by atoms with Gasteiger partial charge in [-0.3, -0.25) is 0 Å². The van der Waals surface area contributed by atoms with Crippen molar-refractivity contribution in [2.45, 2.75) is 85.1 Å². The molecule has 0 heterocycles. The lowest BCUT2D eigenvalue weighted by molar-refractivity contribution is 0.130. The quantitative estimate of drug-likeness (QED) is 0.724. The van der Waals surface area contributed by atoms with Crippen molar-refractivity contribution in [3.05, 3.63) is 0 Å². The molecule has 0 amide bonds. The van der Waals surface area contributed by atoms with Crippen LogP contribution in [0.1, 0.15) is 79.1 Å². The monoisotopic (exact) mass is 279 g/mol. The summed E-state index contributed by atoms with van der Waals surface area (Å²) >= 11 is 0. The Balaban J connectivity index is 1.89. The highest BCUT2D eigenvalue weighted by Crippen LogP contribution is 2.40. The third kappa shape index (κ3) is 4.23. The van der Waals surface area contributed by atoms with Gasteiger partial charge in [0.05, 0.1) is 0 Å². The zero-order valence-electron chi connectivity index (χ0n) is 14.3. The Hall–Kier alpha value is -0.0400. The Bertz CT molecular complexity index is 257. The molecular weight excluding hydrogens is 242 g/mol. The van der Waals surface area contributed by atoms with E-state index >= 15 is 0 Å². The topological polar surface area (TPSA) is 12.0 Å². The molecule has 2 saturated carbocycles. The lowest BCUT2D eigenvalue weighted by atomic mass is 9.69. The highest BCUT2D eigenvalue weighted by molar-refractivity contribution is 4.89. The van der Waals surface area contributed by atoms with Crippen LogP contribution in [-0.2, 0) is 0 Å². The maximum absolute atomic E-state index is 3.88. The first-order chi connectivity index (χ1) is 9.61. The van der Waals surface area contributed by atoms with Gasteiger partial charge in [0, 0.05) is 6.04 Å². The van der Waals surface area contributed by atoms with Crippen LogP contribution in [-0.4, -0.2) is 12.6 Å². The van der Waals surface area contributed by atoms with E-state index in [4.69, 9.17) is 0 Å². The number of nitrogens with one attached hydrogen (secondary N) is 1. The average Bonchev–Trinajstić information content (AvgIpc) is 2.46. The maximum Gasteiger partial charge on any atom is 0.0123 e. The molecule has 0 radical (unpaired) electrons. The Morgan fingerprint density at radius 1 is 0.800 bits per heavy atom. The zero-order valence-corrected chi connectivity index (χ0v) is 14.3. The molecule has 2 aliphatic rings. The molecule has 0 aliphatic heterocycles. The minimum atomic E-state index is 0.820. The summed E-state index contributed by atoms with van der Waals surface area (Å²) in [5.74, 6) is 4.80. The van der Waals surface area contributed by atoms with Crippen molar-refractivity contribution in [1.82, 2.24) is 5.32 Å². The van der Waals surface area contributed by atoms with Gasteiger partial charge in [0.15, 0.2) is 0 Å². The maximum atomic E-state index is 3.88. The van der Waals surface area contributed by atoms with Gasteiger partial charge in [-0.05, 0) is 74.7 Å². The van der Waals surface area contributed by atoms with Gasteiger partial charge >= 0.3 is 0 Å². The van der Waals surface area contributed by atoms with E-state index in [1.807, 2.05) is 0 Å². The van der Waals surface area contributed by atoms with E-state index in [0.29, 0.717) is 0 Å². The van der Waals surface area contributed by atoms with E-state index in [-0.39, 0.29) is 0 Å². The molecule has 0 bridgehead atoms. The summed E-state index contributed by atoms with van der Waals surface area (Å²) in [5.41, 5.74) is 0. The molecule has 0 aromatic rings. The SMILES string of the molecule is CCNC(C1CCC(C)CC1)C1CCC(C(C)C)CC1. The van der Waals surface area contributed by atoms with Gasteiger partial charge in [-0.15, -0.1) is 0 Å². The van der Waals surface area contributed by atoms with Gasteiger partial charge in [0.25, 0.3) is 0 Å². The molecule has 2 rings (SSSR count). The van der Waals surface area contributed by atoms with Crippen LogP contribution >= 0.6 is 0 Å². The molecule has 20 heavy (non-hydrogen) atoms. The minimum Gasteiger partial charge on any atom is -0.314 e. The Kier molecular flexibility index (Phi) is 6.39.